The SMILES string of the molecule is c1ccc(C[n+]2ccn3cccc3c2-c2ccccc2)cc1. The van der Waals surface area contributed by atoms with Crippen molar-refractivity contribution in [3.05, 3.63) is 97.0 Å². The van der Waals surface area contributed by atoms with Crippen LogP contribution in [-0.2, 0) is 6.54 Å². The molecule has 2 nitrogen and oxygen atoms in total. The van der Waals surface area contributed by atoms with E-state index in [1.165, 1.54) is 22.3 Å². The Bertz CT molecular complexity index is 893. The van der Waals surface area contributed by atoms with Crippen molar-refractivity contribution in [1.29, 1.82) is 0 Å². The zero-order valence-electron chi connectivity index (χ0n) is 12.3. The molecule has 0 aliphatic rings. The van der Waals surface area contributed by atoms with Crippen molar-refractivity contribution in [3.63, 3.8) is 0 Å². The highest BCUT2D eigenvalue weighted by atomic mass is 15.0. The Labute approximate surface area is 129 Å². The molecule has 4 aromatic rings. The van der Waals surface area contributed by atoms with Gasteiger partial charge in [-0.25, -0.2) is 0 Å². The minimum absolute atomic E-state index is 0.868. The van der Waals surface area contributed by atoms with E-state index in [9.17, 15) is 0 Å². The molecule has 0 radical (unpaired) electrons. The van der Waals surface area contributed by atoms with Crippen molar-refractivity contribution >= 4 is 5.52 Å². The minimum atomic E-state index is 0.868. The average Bonchev–Trinajstić information content (AvgIpc) is 3.05. The lowest BCUT2D eigenvalue weighted by molar-refractivity contribution is -0.677. The van der Waals surface area contributed by atoms with E-state index in [2.05, 4.69) is 100 Å². The minimum Gasteiger partial charge on any atom is -0.312 e. The standard InChI is InChI=1S/C20H17N2/c1-3-8-17(9-4-1)16-22-15-14-21-13-7-12-19(21)20(22)18-10-5-2-6-11-18/h1-15H,16H2/q+1. The molecular weight excluding hydrogens is 268 g/mol. The van der Waals surface area contributed by atoms with Crippen molar-refractivity contribution in [2.45, 2.75) is 6.54 Å². The monoisotopic (exact) mass is 285 g/mol. The molecule has 0 aliphatic carbocycles. The number of hydrogen-bond donors (Lipinski definition) is 0. The maximum Gasteiger partial charge on any atom is 0.237 e. The van der Waals surface area contributed by atoms with Crippen LogP contribution in [-0.4, -0.2) is 4.40 Å². The summed E-state index contributed by atoms with van der Waals surface area (Å²) in [5.41, 5.74) is 5.02. The predicted molar refractivity (Wildman–Crippen MR) is 88.6 cm³/mol. The van der Waals surface area contributed by atoms with Crippen molar-refractivity contribution in [2.24, 2.45) is 0 Å². The predicted octanol–water partition coefficient (Wildman–Crippen LogP) is 3.94. The fourth-order valence-corrected chi connectivity index (χ4v) is 2.92. The van der Waals surface area contributed by atoms with Crippen LogP contribution in [0.5, 0.6) is 0 Å². The number of aromatic nitrogens is 2. The van der Waals surface area contributed by atoms with Gasteiger partial charge in [0.25, 0.3) is 0 Å². The first kappa shape index (κ1) is 12.8. The van der Waals surface area contributed by atoms with Crippen molar-refractivity contribution in [1.82, 2.24) is 4.40 Å². The highest BCUT2D eigenvalue weighted by Crippen LogP contribution is 2.21. The summed E-state index contributed by atoms with van der Waals surface area (Å²) < 4.78 is 4.49. The second-order valence-corrected chi connectivity index (χ2v) is 5.43. The van der Waals surface area contributed by atoms with Gasteiger partial charge in [-0.2, -0.15) is 4.57 Å². The maximum absolute atomic E-state index is 2.32. The van der Waals surface area contributed by atoms with Crippen LogP contribution < -0.4 is 4.57 Å². The molecule has 0 bridgehead atoms. The molecule has 2 aromatic carbocycles. The lowest BCUT2D eigenvalue weighted by Crippen LogP contribution is -2.37. The number of hydrogen-bond acceptors (Lipinski definition) is 0. The van der Waals surface area contributed by atoms with Gasteiger partial charge in [0.15, 0.2) is 12.7 Å². The molecule has 0 spiro atoms. The molecule has 0 N–H and O–H groups in total. The molecule has 0 saturated carbocycles. The number of nitrogens with zero attached hydrogens (tertiary/aromatic N) is 2. The normalized spacial score (nSPS) is 10.9. The first-order valence-corrected chi connectivity index (χ1v) is 7.50. The highest BCUT2D eigenvalue weighted by Gasteiger charge is 2.17. The molecule has 2 heterocycles. The number of fused-ring (bicyclic) bond motifs is 1. The van der Waals surface area contributed by atoms with Crippen molar-refractivity contribution in [3.8, 4) is 11.3 Å². The molecule has 2 heteroatoms. The average molecular weight is 285 g/mol. The van der Waals surface area contributed by atoms with E-state index >= 15 is 0 Å². The van der Waals surface area contributed by atoms with E-state index in [-0.39, 0.29) is 0 Å². The van der Waals surface area contributed by atoms with Gasteiger partial charge in [-0.1, -0.05) is 48.5 Å². The summed E-state index contributed by atoms with van der Waals surface area (Å²) in [4.78, 5) is 0. The zero-order chi connectivity index (χ0) is 14.8. The summed E-state index contributed by atoms with van der Waals surface area (Å²) >= 11 is 0. The fraction of sp³-hybridized carbons (Fsp3) is 0.0500. The summed E-state index contributed by atoms with van der Waals surface area (Å²) in [6.45, 7) is 0.868. The fourth-order valence-electron chi connectivity index (χ4n) is 2.92. The maximum atomic E-state index is 2.32. The van der Waals surface area contributed by atoms with Gasteiger partial charge in [-0.05, 0) is 24.3 Å². The molecule has 0 amide bonds. The summed E-state index contributed by atoms with van der Waals surface area (Å²) in [6.07, 6.45) is 6.36. The largest absolute Gasteiger partial charge is 0.312 e. The third-order valence-corrected chi connectivity index (χ3v) is 3.96. The van der Waals surface area contributed by atoms with Gasteiger partial charge < -0.3 is 4.40 Å². The lowest BCUT2D eigenvalue weighted by atomic mass is 10.1. The Morgan fingerprint density at radius 3 is 2.23 bits per heavy atom. The first-order chi connectivity index (χ1) is 10.9. The van der Waals surface area contributed by atoms with Crippen LogP contribution in [0.2, 0.25) is 0 Å². The van der Waals surface area contributed by atoms with Crippen LogP contribution in [0.4, 0.5) is 0 Å². The van der Waals surface area contributed by atoms with Gasteiger partial charge in [-0.3, -0.25) is 0 Å². The van der Waals surface area contributed by atoms with Crippen molar-refractivity contribution < 1.29 is 4.57 Å². The van der Waals surface area contributed by atoms with E-state index in [0.29, 0.717) is 0 Å². The van der Waals surface area contributed by atoms with Crippen LogP contribution in [0, 0.1) is 0 Å². The third kappa shape index (κ3) is 2.29. The molecule has 2 aromatic heterocycles. The summed E-state index contributed by atoms with van der Waals surface area (Å²) in [6, 6.07) is 25.4. The van der Waals surface area contributed by atoms with Gasteiger partial charge in [0.05, 0.1) is 6.20 Å². The quantitative estimate of drug-likeness (QED) is 0.504. The van der Waals surface area contributed by atoms with E-state index in [1.54, 1.807) is 0 Å². The number of rotatable bonds is 3. The molecule has 0 atom stereocenters. The van der Waals surface area contributed by atoms with Gasteiger partial charge in [0.2, 0.25) is 5.69 Å². The van der Waals surface area contributed by atoms with Crippen LogP contribution >= 0.6 is 0 Å². The van der Waals surface area contributed by atoms with Crippen LogP contribution in [0.3, 0.4) is 0 Å². The Morgan fingerprint density at radius 1 is 0.727 bits per heavy atom. The summed E-state index contributed by atoms with van der Waals surface area (Å²) in [5, 5.41) is 0. The first-order valence-electron chi connectivity index (χ1n) is 7.50. The van der Waals surface area contributed by atoms with Crippen LogP contribution in [0.15, 0.2) is 91.4 Å². The second-order valence-electron chi connectivity index (χ2n) is 5.43. The molecule has 0 saturated heterocycles. The van der Waals surface area contributed by atoms with Crippen LogP contribution in [0.25, 0.3) is 16.8 Å². The molecular formula is C20H17N2+. The Kier molecular flexibility index (Phi) is 3.20. The van der Waals surface area contributed by atoms with Crippen LogP contribution in [0.1, 0.15) is 5.56 Å². The Hall–Kier alpha value is -2.87. The van der Waals surface area contributed by atoms with E-state index in [4.69, 9.17) is 0 Å². The van der Waals surface area contributed by atoms with Gasteiger partial charge in [-0.15, -0.1) is 0 Å². The topological polar surface area (TPSA) is 8.29 Å². The molecule has 0 unspecified atom stereocenters. The lowest BCUT2D eigenvalue weighted by Gasteiger charge is -2.07. The van der Waals surface area contributed by atoms with Gasteiger partial charge >= 0.3 is 0 Å². The molecule has 22 heavy (non-hydrogen) atoms. The molecule has 0 aliphatic heterocycles. The molecule has 4 rings (SSSR count). The van der Waals surface area contributed by atoms with E-state index in [1.807, 2.05) is 0 Å². The summed E-state index contributed by atoms with van der Waals surface area (Å²) in [7, 11) is 0. The van der Waals surface area contributed by atoms with Gasteiger partial charge in [0.1, 0.15) is 5.52 Å². The zero-order valence-corrected chi connectivity index (χ0v) is 12.3. The van der Waals surface area contributed by atoms with E-state index in [0.717, 1.165) is 6.54 Å². The Balaban J connectivity index is 1.91. The highest BCUT2D eigenvalue weighted by molar-refractivity contribution is 5.74. The second kappa shape index (κ2) is 5.49. The van der Waals surface area contributed by atoms with Crippen molar-refractivity contribution in [2.75, 3.05) is 0 Å². The molecule has 106 valence electrons. The Morgan fingerprint density at radius 2 is 1.45 bits per heavy atom. The van der Waals surface area contributed by atoms with Gasteiger partial charge in [0, 0.05) is 17.3 Å². The summed E-state index contributed by atoms with van der Waals surface area (Å²) in [5.74, 6) is 0. The van der Waals surface area contributed by atoms with E-state index < -0.39 is 0 Å². The number of benzene rings is 2. The smallest absolute Gasteiger partial charge is 0.237 e. The third-order valence-electron chi connectivity index (χ3n) is 3.96. The molecule has 0 fully saturated rings.